The zero-order valence-corrected chi connectivity index (χ0v) is 22.1. The van der Waals surface area contributed by atoms with Gasteiger partial charge in [-0.05, 0) is 66.6 Å². The lowest BCUT2D eigenvalue weighted by Crippen LogP contribution is -2.12. The van der Waals surface area contributed by atoms with Crippen LogP contribution in [0.25, 0.3) is 27.5 Å². The molecule has 0 spiro atoms. The van der Waals surface area contributed by atoms with Crippen LogP contribution in [-0.2, 0) is 11.2 Å². The lowest BCUT2D eigenvalue weighted by Gasteiger charge is -2.28. The van der Waals surface area contributed by atoms with Crippen molar-refractivity contribution in [1.29, 1.82) is 0 Å². The van der Waals surface area contributed by atoms with Crippen LogP contribution >= 0.6 is 11.8 Å². The molecule has 0 N–H and O–H groups in total. The van der Waals surface area contributed by atoms with E-state index in [4.69, 9.17) is 0 Å². The van der Waals surface area contributed by atoms with Gasteiger partial charge in [-0.15, -0.1) is 0 Å². The molecule has 0 aliphatic rings. The molecule has 0 aliphatic heterocycles. The molecule has 6 aromatic rings. The predicted molar refractivity (Wildman–Crippen MR) is 162 cm³/mol. The molecule has 0 amide bonds. The van der Waals surface area contributed by atoms with Crippen molar-refractivity contribution in [3.8, 4) is 5.69 Å². The molecule has 1 heterocycles. The molecule has 0 aliphatic carbocycles. The number of aromatic nitrogens is 1. The molecule has 0 radical (unpaired) electrons. The van der Waals surface area contributed by atoms with E-state index >= 15 is 0 Å². The molecule has 38 heavy (non-hydrogen) atoms. The van der Waals surface area contributed by atoms with Gasteiger partial charge in [-0.3, -0.25) is 4.79 Å². The third kappa shape index (κ3) is 4.59. The van der Waals surface area contributed by atoms with E-state index in [1.54, 1.807) is 6.92 Å². The molecule has 0 saturated heterocycles. The van der Waals surface area contributed by atoms with Crippen LogP contribution in [0.5, 0.6) is 0 Å². The first-order valence-electron chi connectivity index (χ1n) is 12.9. The molecule has 0 saturated carbocycles. The fourth-order valence-corrected chi connectivity index (χ4v) is 5.80. The molecule has 0 bridgehead atoms. The van der Waals surface area contributed by atoms with Gasteiger partial charge in [0.05, 0.1) is 22.4 Å². The van der Waals surface area contributed by atoms with Crippen molar-refractivity contribution in [3.05, 3.63) is 133 Å². The number of benzene rings is 5. The van der Waals surface area contributed by atoms with Gasteiger partial charge in [-0.2, -0.15) is 0 Å². The molecule has 6 rings (SSSR count). The SMILES string of the molecule is CC(=O)SCCc1ccc2c(c1)c1ccccc1n2-c1ccccc1N(c1ccccc1)c1ccccc1. The summed E-state index contributed by atoms with van der Waals surface area (Å²) in [6.07, 6.45) is 0.867. The van der Waals surface area contributed by atoms with Gasteiger partial charge >= 0.3 is 0 Å². The number of fused-ring (bicyclic) bond motifs is 3. The third-order valence-corrected chi connectivity index (χ3v) is 7.64. The van der Waals surface area contributed by atoms with Crippen molar-refractivity contribution in [1.82, 2.24) is 4.57 Å². The van der Waals surface area contributed by atoms with E-state index in [2.05, 4.69) is 137 Å². The number of thioether (sulfide) groups is 1. The molecule has 5 aromatic carbocycles. The van der Waals surface area contributed by atoms with Gasteiger partial charge in [0.2, 0.25) is 0 Å². The van der Waals surface area contributed by atoms with E-state index in [-0.39, 0.29) is 5.12 Å². The molecular formula is C34H28N2OS. The highest BCUT2D eigenvalue weighted by Gasteiger charge is 2.20. The summed E-state index contributed by atoms with van der Waals surface area (Å²) in [6, 6.07) is 45.0. The van der Waals surface area contributed by atoms with Crippen LogP contribution in [0, 0.1) is 0 Å². The molecule has 0 unspecified atom stereocenters. The number of carbonyl (C=O) groups excluding carboxylic acids is 1. The number of carbonyl (C=O) groups is 1. The van der Waals surface area contributed by atoms with Crippen molar-refractivity contribution in [2.24, 2.45) is 0 Å². The largest absolute Gasteiger partial charge is 0.308 e. The standard InChI is InChI=1S/C34H28N2OS/c1-25(37)38-23-22-26-20-21-32-30(24-26)29-16-8-9-17-31(29)36(32)34-19-11-10-18-33(34)35(27-12-4-2-5-13-27)28-14-6-3-7-15-28/h2-21,24H,22-23H2,1H3. The van der Waals surface area contributed by atoms with Gasteiger partial charge in [0.25, 0.3) is 0 Å². The lowest BCUT2D eigenvalue weighted by molar-refractivity contribution is -0.109. The molecule has 0 atom stereocenters. The van der Waals surface area contributed by atoms with E-state index in [0.717, 1.165) is 34.9 Å². The summed E-state index contributed by atoms with van der Waals surface area (Å²) in [5.74, 6) is 0.797. The van der Waals surface area contributed by atoms with Crippen LogP contribution in [0.15, 0.2) is 127 Å². The Hall–Kier alpha value is -4.28. The first-order chi connectivity index (χ1) is 18.7. The number of anilines is 3. The predicted octanol–water partition coefficient (Wildman–Crippen LogP) is 9.08. The van der Waals surface area contributed by atoms with Gasteiger partial charge in [0.15, 0.2) is 5.12 Å². The summed E-state index contributed by atoms with van der Waals surface area (Å²) in [4.78, 5) is 13.8. The number of nitrogens with zero attached hydrogens (tertiary/aromatic N) is 2. The van der Waals surface area contributed by atoms with Crippen LogP contribution in [0.2, 0.25) is 0 Å². The minimum absolute atomic E-state index is 0.167. The van der Waals surface area contributed by atoms with E-state index in [1.807, 2.05) is 0 Å². The zero-order valence-electron chi connectivity index (χ0n) is 21.2. The van der Waals surface area contributed by atoms with Crippen molar-refractivity contribution in [2.45, 2.75) is 13.3 Å². The Balaban J connectivity index is 1.56. The fourth-order valence-electron chi connectivity index (χ4n) is 5.17. The number of rotatable bonds is 7. The average Bonchev–Trinajstić information content (AvgIpc) is 3.28. The third-order valence-electron chi connectivity index (χ3n) is 6.83. The van der Waals surface area contributed by atoms with Crippen LogP contribution in [0.1, 0.15) is 12.5 Å². The highest BCUT2D eigenvalue weighted by Crippen LogP contribution is 2.41. The van der Waals surface area contributed by atoms with E-state index in [1.165, 1.54) is 39.1 Å². The fraction of sp³-hybridized carbons (Fsp3) is 0.0882. The van der Waals surface area contributed by atoms with Crippen molar-refractivity contribution >= 4 is 55.7 Å². The van der Waals surface area contributed by atoms with Gasteiger partial charge in [-0.1, -0.05) is 84.6 Å². The first kappa shape index (κ1) is 24.1. The van der Waals surface area contributed by atoms with Crippen LogP contribution in [0.4, 0.5) is 17.1 Å². The quantitative estimate of drug-likeness (QED) is 0.213. The summed E-state index contributed by atoms with van der Waals surface area (Å²) in [7, 11) is 0. The monoisotopic (exact) mass is 512 g/mol. The summed E-state index contributed by atoms with van der Waals surface area (Å²) in [6.45, 7) is 1.63. The molecule has 4 heteroatoms. The molecular weight excluding hydrogens is 484 g/mol. The summed E-state index contributed by atoms with van der Waals surface area (Å²) >= 11 is 1.39. The van der Waals surface area contributed by atoms with Crippen LogP contribution in [0.3, 0.4) is 0 Å². The van der Waals surface area contributed by atoms with Crippen LogP contribution < -0.4 is 4.90 Å². The number of hydrogen-bond donors (Lipinski definition) is 0. The Morgan fingerprint density at radius 3 is 2.00 bits per heavy atom. The highest BCUT2D eigenvalue weighted by atomic mass is 32.2. The number of para-hydroxylation sites is 5. The van der Waals surface area contributed by atoms with Crippen molar-refractivity contribution < 1.29 is 4.79 Å². The van der Waals surface area contributed by atoms with Gasteiger partial charge in [-0.25, -0.2) is 0 Å². The summed E-state index contributed by atoms with van der Waals surface area (Å²) in [5.41, 5.74) is 8.03. The second-order valence-corrected chi connectivity index (χ2v) is 10.6. The average molecular weight is 513 g/mol. The maximum Gasteiger partial charge on any atom is 0.185 e. The Kier molecular flexibility index (Phi) is 6.72. The van der Waals surface area contributed by atoms with E-state index < -0.39 is 0 Å². The first-order valence-corrected chi connectivity index (χ1v) is 13.8. The maximum atomic E-state index is 11.4. The number of hydrogen-bond acceptors (Lipinski definition) is 3. The second-order valence-electron chi connectivity index (χ2n) is 9.29. The second kappa shape index (κ2) is 10.6. The smallest absolute Gasteiger partial charge is 0.185 e. The lowest BCUT2D eigenvalue weighted by atomic mass is 10.1. The summed E-state index contributed by atoms with van der Waals surface area (Å²) in [5, 5.41) is 2.62. The Bertz CT molecular complexity index is 1680. The Labute approximate surface area is 227 Å². The molecule has 3 nitrogen and oxygen atoms in total. The van der Waals surface area contributed by atoms with Crippen LogP contribution in [-0.4, -0.2) is 15.4 Å². The Morgan fingerprint density at radius 1 is 0.684 bits per heavy atom. The van der Waals surface area contributed by atoms with Gasteiger partial charge in [0.1, 0.15) is 0 Å². The van der Waals surface area contributed by atoms with E-state index in [9.17, 15) is 4.79 Å². The summed E-state index contributed by atoms with van der Waals surface area (Å²) < 4.78 is 2.38. The van der Waals surface area contributed by atoms with Crippen molar-refractivity contribution in [3.63, 3.8) is 0 Å². The normalized spacial score (nSPS) is 11.2. The maximum absolute atomic E-state index is 11.4. The highest BCUT2D eigenvalue weighted by molar-refractivity contribution is 8.13. The molecule has 1 aromatic heterocycles. The molecule has 0 fully saturated rings. The minimum atomic E-state index is 0.167. The zero-order chi connectivity index (χ0) is 25.9. The Morgan fingerprint density at radius 2 is 1.29 bits per heavy atom. The van der Waals surface area contributed by atoms with Crippen molar-refractivity contribution in [2.75, 3.05) is 10.7 Å². The molecule has 186 valence electrons. The van der Waals surface area contributed by atoms with E-state index in [0.29, 0.717) is 0 Å². The number of aryl methyl sites for hydroxylation is 1. The topological polar surface area (TPSA) is 25.2 Å². The van der Waals surface area contributed by atoms with Gasteiger partial charge < -0.3 is 9.47 Å². The van der Waals surface area contributed by atoms with Gasteiger partial charge in [0, 0.05) is 34.8 Å². The minimum Gasteiger partial charge on any atom is -0.308 e.